The largest absolute Gasteiger partial charge is 0.347 e. The second-order valence-electron chi connectivity index (χ2n) is 6.56. The SMILES string of the molecule is CC(C)(Cc1ccc(F)cc1)NC(=O)c1cccc(-n2cnnc2)c1. The van der Waals surface area contributed by atoms with Gasteiger partial charge in [0.1, 0.15) is 18.5 Å². The smallest absolute Gasteiger partial charge is 0.251 e. The maximum absolute atomic E-state index is 13.0. The number of nitrogens with zero attached hydrogens (tertiary/aromatic N) is 3. The zero-order chi connectivity index (χ0) is 17.9. The Bertz CT molecular complexity index is 857. The van der Waals surface area contributed by atoms with Crippen molar-refractivity contribution >= 4 is 5.91 Å². The monoisotopic (exact) mass is 338 g/mol. The minimum Gasteiger partial charge on any atom is -0.347 e. The molecule has 0 aliphatic heterocycles. The molecule has 1 N–H and O–H groups in total. The molecule has 6 heteroatoms. The Hall–Kier alpha value is -3.02. The average Bonchev–Trinajstić information content (AvgIpc) is 3.11. The molecule has 1 amide bonds. The quantitative estimate of drug-likeness (QED) is 0.777. The highest BCUT2D eigenvalue weighted by Crippen LogP contribution is 2.16. The molecule has 25 heavy (non-hydrogen) atoms. The summed E-state index contributed by atoms with van der Waals surface area (Å²) in [5.74, 6) is -0.432. The molecule has 0 aliphatic carbocycles. The molecule has 1 heterocycles. The fourth-order valence-corrected chi connectivity index (χ4v) is 2.68. The molecule has 1 aromatic heterocycles. The van der Waals surface area contributed by atoms with Gasteiger partial charge in [-0.15, -0.1) is 10.2 Å². The van der Waals surface area contributed by atoms with Crippen LogP contribution in [0.15, 0.2) is 61.2 Å². The molecule has 5 nitrogen and oxygen atoms in total. The number of hydrogen-bond acceptors (Lipinski definition) is 3. The van der Waals surface area contributed by atoms with Crippen molar-refractivity contribution in [3.63, 3.8) is 0 Å². The zero-order valence-corrected chi connectivity index (χ0v) is 14.1. The van der Waals surface area contributed by atoms with E-state index in [-0.39, 0.29) is 11.7 Å². The predicted octanol–water partition coefficient (Wildman–Crippen LogP) is 3.16. The summed E-state index contributed by atoms with van der Waals surface area (Å²) in [6.45, 7) is 3.88. The number of rotatable bonds is 5. The number of benzene rings is 2. The van der Waals surface area contributed by atoms with E-state index in [0.717, 1.165) is 11.3 Å². The van der Waals surface area contributed by atoms with Gasteiger partial charge in [-0.3, -0.25) is 9.36 Å². The Kier molecular flexibility index (Phi) is 4.61. The summed E-state index contributed by atoms with van der Waals surface area (Å²) in [6, 6.07) is 13.6. The lowest BCUT2D eigenvalue weighted by molar-refractivity contribution is 0.0913. The summed E-state index contributed by atoms with van der Waals surface area (Å²) in [5.41, 5.74) is 1.86. The topological polar surface area (TPSA) is 59.8 Å². The van der Waals surface area contributed by atoms with Gasteiger partial charge < -0.3 is 5.32 Å². The van der Waals surface area contributed by atoms with Gasteiger partial charge in [-0.2, -0.15) is 0 Å². The molecular formula is C19H19FN4O. The van der Waals surface area contributed by atoms with Crippen LogP contribution < -0.4 is 5.32 Å². The molecule has 128 valence electrons. The third-order valence-electron chi connectivity index (χ3n) is 3.84. The number of nitrogens with one attached hydrogen (secondary N) is 1. The average molecular weight is 338 g/mol. The third-order valence-corrected chi connectivity index (χ3v) is 3.84. The van der Waals surface area contributed by atoms with Gasteiger partial charge in [-0.05, 0) is 56.2 Å². The van der Waals surface area contributed by atoms with Crippen LogP contribution in [0.3, 0.4) is 0 Å². The van der Waals surface area contributed by atoms with Crippen LogP contribution in [0.2, 0.25) is 0 Å². The van der Waals surface area contributed by atoms with Crippen LogP contribution in [0.4, 0.5) is 4.39 Å². The van der Waals surface area contributed by atoms with Gasteiger partial charge in [0.25, 0.3) is 5.91 Å². The predicted molar refractivity (Wildman–Crippen MR) is 93.0 cm³/mol. The Morgan fingerprint density at radius 1 is 1.12 bits per heavy atom. The van der Waals surface area contributed by atoms with Crippen LogP contribution >= 0.6 is 0 Å². The first-order valence-corrected chi connectivity index (χ1v) is 7.95. The van der Waals surface area contributed by atoms with E-state index in [1.807, 2.05) is 26.0 Å². The van der Waals surface area contributed by atoms with Gasteiger partial charge in [0.05, 0.1) is 0 Å². The maximum atomic E-state index is 13.0. The second kappa shape index (κ2) is 6.84. The summed E-state index contributed by atoms with van der Waals surface area (Å²) in [7, 11) is 0. The number of aromatic nitrogens is 3. The Balaban J connectivity index is 1.72. The highest BCUT2D eigenvalue weighted by atomic mass is 19.1. The summed E-state index contributed by atoms with van der Waals surface area (Å²) in [6.07, 6.45) is 3.76. The molecule has 0 aliphatic rings. The Labute approximate surface area is 145 Å². The van der Waals surface area contributed by atoms with Crippen LogP contribution in [-0.4, -0.2) is 26.2 Å². The maximum Gasteiger partial charge on any atom is 0.251 e. The minimum absolute atomic E-state index is 0.165. The van der Waals surface area contributed by atoms with E-state index >= 15 is 0 Å². The van der Waals surface area contributed by atoms with E-state index in [1.54, 1.807) is 41.5 Å². The van der Waals surface area contributed by atoms with E-state index in [9.17, 15) is 9.18 Å². The van der Waals surface area contributed by atoms with E-state index in [1.165, 1.54) is 12.1 Å². The second-order valence-corrected chi connectivity index (χ2v) is 6.56. The lowest BCUT2D eigenvalue weighted by atomic mass is 9.94. The van der Waals surface area contributed by atoms with Gasteiger partial charge in [0.2, 0.25) is 0 Å². The summed E-state index contributed by atoms with van der Waals surface area (Å²) in [5, 5.41) is 10.6. The van der Waals surface area contributed by atoms with Crippen molar-refractivity contribution in [2.75, 3.05) is 0 Å². The Morgan fingerprint density at radius 2 is 1.80 bits per heavy atom. The van der Waals surface area contributed by atoms with Crippen molar-refractivity contribution in [1.82, 2.24) is 20.1 Å². The molecule has 0 radical (unpaired) electrons. The van der Waals surface area contributed by atoms with Gasteiger partial charge >= 0.3 is 0 Å². The molecule has 2 aromatic carbocycles. The van der Waals surface area contributed by atoms with Gasteiger partial charge in [0.15, 0.2) is 0 Å². The van der Waals surface area contributed by atoms with Crippen molar-refractivity contribution in [2.45, 2.75) is 25.8 Å². The number of hydrogen-bond donors (Lipinski definition) is 1. The van der Waals surface area contributed by atoms with Crippen LogP contribution in [0.5, 0.6) is 0 Å². The van der Waals surface area contributed by atoms with Crippen molar-refractivity contribution in [2.24, 2.45) is 0 Å². The fraction of sp³-hybridized carbons (Fsp3) is 0.211. The highest BCUT2D eigenvalue weighted by Gasteiger charge is 2.22. The fourth-order valence-electron chi connectivity index (χ4n) is 2.68. The van der Waals surface area contributed by atoms with Crippen LogP contribution in [0.1, 0.15) is 29.8 Å². The van der Waals surface area contributed by atoms with E-state index < -0.39 is 5.54 Å². The molecule has 0 spiro atoms. The normalized spacial score (nSPS) is 11.3. The van der Waals surface area contributed by atoms with Gasteiger partial charge in [-0.1, -0.05) is 18.2 Å². The molecule has 0 atom stereocenters. The van der Waals surface area contributed by atoms with Crippen LogP contribution in [0, 0.1) is 5.82 Å². The molecule has 0 saturated carbocycles. The highest BCUT2D eigenvalue weighted by molar-refractivity contribution is 5.95. The first-order chi connectivity index (χ1) is 11.9. The molecule has 0 bridgehead atoms. The zero-order valence-electron chi connectivity index (χ0n) is 14.1. The lowest BCUT2D eigenvalue weighted by Crippen LogP contribution is -2.45. The summed E-state index contributed by atoms with van der Waals surface area (Å²) in [4.78, 5) is 12.6. The van der Waals surface area contributed by atoms with Crippen molar-refractivity contribution in [3.05, 3.63) is 78.1 Å². The van der Waals surface area contributed by atoms with Gasteiger partial charge in [-0.25, -0.2) is 4.39 Å². The Morgan fingerprint density at radius 3 is 2.48 bits per heavy atom. The number of halogens is 1. The summed E-state index contributed by atoms with van der Waals surface area (Å²) < 4.78 is 14.8. The number of carbonyl (C=O) groups is 1. The lowest BCUT2D eigenvalue weighted by Gasteiger charge is -2.26. The van der Waals surface area contributed by atoms with Crippen LogP contribution in [0.25, 0.3) is 5.69 Å². The van der Waals surface area contributed by atoms with E-state index in [0.29, 0.717) is 12.0 Å². The standard InChI is InChI=1S/C19H19FN4O/c1-19(2,11-14-6-8-16(20)9-7-14)23-18(25)15-4-3-5-17(10-15)24-12-21-22-13-24/h3-10,12-13H,11H2,1-2H3,(H,23,25). The molecule has 3 aromatic rings. The first-order valence-electron chi connectivity index (χ1n) is 7.95. The number of amides is 1. The van der Waals surface area contributed by atoms with Crippen molar-refractivity contribution in [3.8, 4) is 5.69 Å². The van der Waals surface area contributed by atoms with Crippen molar-refractivity contribution < 1.29 is 9.18 Å². The van der Waals surface area contributed by atoms with Crippen LogP contribution in [-0.2, 0) is 6.42 Å². The summed E-state index contributed by atoms with van der Waals surface area (Å²) >= 11 is 0. The first kappa shape index (κ1) is 16.8. The molecule has 0 fully saturated rings. The third kappa shape index (κ3) is 4.29. The molecule has 0 saturated heterocycles. The minimum atomic E-state index is -0.471. The number of carbonyl (C=O) groups excluding carboxylic acids is 1. The van der Waals surface area contributed by atoms with E-state index in [4.69, 9.17) is 0 Å². The van der Waals surface area contributed by atoms with Crippen molar-refractivity contribution in [1.29, 1.82) is 0 Å². The molecule has 0 unspecified atom stereocenters. The molecule has 3 rings (SSSR count). The van der Waals surface area contributed by atoms with E-state index in [2.05, 4.69) is 15.5 Å². The van der Waals surface area contributed by atoms with Gasteiger partial charge in [0, 0.05) is 16.8 Å². The molecular weight excluding hydrogens is 319 g/mol.